The molecule has 6 nitrogen and oxygen atoms in total. The number of hydrazine groups is 1. The predicted octanol–water partition coefficient (Wildman–Crippen LogP) is 1.26. The van der Waals surface area contributed by atoms with Crippen molar-refractivity contribution in [2.75, 3.05) is 7.05 Å². The van der Waals surface area contributed by atoms with Gasteiger partial charge >= 0.3 is 0 Å². The van der Waals surface area contributed by atoms with E-state index in [0.717, 1.165) is 24.8 Å². The van der Waals surface area contributed by atoms with Gasteiger partial charge in [0.15, 0.2) is 5.03 Å². The second-order valence-electron chi connectivity index (χ2n) is 5.67. The molecule has 0 radical (unpaired) electrons. The SMILES string of the molecule is CNCc1ccc(S(=O)(=O)NN2C(C)CCCC2C)nc1. The minimum Gasteiger partial charge on any atom is -0.316 e. The van der Waals surface area contributed by atoms with Crippen LogP contribution in [0.5, 0.6) is 0 Å². The van der Waals surface area contributed by atoms with Crippen LogP contribution in [0.4, 0.5) is 0 Å². The van der Waals surface area contributed by atoms with Crippen molar-refractivity contribution >= 4 is 10.0 Å². The lowest BCUT2D eigenvalue weighted by molar-refractivity contribution is 0.0789. The summed E-state index contributed by atoms with van der Waals surface area (Å²) in [5.74, 6) is 0. The fraction of sp³-hybridized carbons (Fsp3) is 0.643. The molecule has 0 bridgehead atoms. The minimum atomic E-state index is -3.61. The molecular weight excluding hydrogens is 288 g/mol. The standard InChI is InChI=1S/C14H24N4O2S/c1-11-5-4-6-12(2)18(11)17-21(19,20)14-8-7-13(9-15-3)10-16-14/h7-8,10-12,15,17H,4-6,9H2,1-3H3. The van der Waals surface area contributed by atoms with E-state index in [1.54, 1.807) is 18.3 Å². The molecule has 0 amide bonds. The topological polar surface area (TPSA) is 74.3 Å². The minimum absolute atomic E-state index is 0.0623. The van der Waals surface area contributed by atoms with Crippen molar-refractivity contribution in [2.24, 2.45) is 0 Å². The maximum Gasteiger partial charge on any atom is 0.270 e. The van der Waals surface area contributed by atoms with E-state index in [1.165, 1.54) is 0 Å². The molecule has 1 fully saturated rings. The number of rotatable bonds is 5. The highest BCUT2D eigenvalue weighted by Gasteiger charge is 2.29. The number of nitrogens with one attached hydrogen (secondary N) is 2. The normalized spacial score (nSPS) is 24.1. The summed E-state index contributed by atoms with van der Waals surface area (Å²) >= 11 is 0. The number of sulfonamides is 1. The van der Waals surface area contributed by atoms with Gasteiger partial charge in [0.25, 0.3) is 10.0 Å². The largest absolute Gasteiger partial charge is 0.316 e. The summed E-state index contributed by atoms with van der Waals surface area (Å²) in [6.07, 6.45) is 4.73. The third-order valence-corrected chi connectivity index (χ3v) is 5.12. The first-order chi connectivity index (χ1) is 9.94. The Hall–Kier alpha value is -1.02. The van der Waals surface area contributed by atoms with Crippen LogP contribution in [0.1, 0.15) is 38.7 Å². The molecule has 0 aliphatic carbocycles. The van der Waals surface area contributed by atoms with E-state index in [9.17, 15) is 8.42 Å². The van der Waals surface area contributed by atoms with Gasteiger partial charge in [-0.05, 0) is 45.4 Å². The molecule has 2 N–H and O–H groups in total. The number of hydrogen-bond donors (Lipinski definition) is 2. The van der Waals surface area contributed by atoms with Crippen LogP contribution < -0.4 is 10.1 Å². The average molecular weight is 312 g/mol. The summed E-state index contributed by atoms with van der Waals surface area (Å²) in [4.78, 5) is 6.76. The van der Waals surface area contributed by atoms with Gasteiger partial charge in [0, 0.05) is 24.8 Å². The van der Waals surface area contributed by atoms with Crippen LogP contribution in [-0.2, 0) is 16.6 Å². The third kappa shape index (κ3) is 4.00. The first-order valence-electron chi connectivity index (χ1n) is 7.34. The van der Waals surface area contributed by atoms with Gasteiger partial charge in [0.1, 0.15) is 0 Å². The second-order valence-corrected chi connectivity index (χ2v) is 7.27. The molecule has 0 saturated carbocycles. The van der Waals surface area contributed by atoms with Gasteiger partial charge in [-0.25, -0.2) is 18.4 Å². The first-order valence-corrected chi connectivity index (χ1v) is 8.82. The Labute approximate surface area is 127 Å². The van der Waals surface area contributed by atoms with Crippen LogP contribution in [0.2, 0.25) is 0 Å². The van der Waals surface area contributed by atoms with Gasteiger partial charge in [-0.1, -0.05) is 12.5 Å². The Morgan fingerprint density at radius 2 is 1.95 bits per heavy atom. The van der Waals surface area contributed by atoms with Crippen LogP contribution in [0.15, 0.2) is 23.4 Å². The molecule has 2 unspecified atom stereocenters. The quantitative estimate of drug-likeness (QED) is 0.856. The monoisotopic (exact) mass is 312 g/mol. The molecule has 1 saturated heterocycles. The predicted molar refractivity (Wildman–Crippen MR) is 81.9 cm³/mol. The molecule has 1 aromatic heterocycles. The van der Waals surface area contributed by atoms with E-state index >= 15 is 0 Å². The van der Waals surface area contributed by atoms with Crippen molar-refractivity contribution in [1.82, 2.24) is 20.1 Å². The van der Waals surface area contributed by atoms with E-state index in [-0.39, 0.29) is 17.1 Å². The van der Waals surface area contributed by atoms with Crippen molar-refractivity contribution in [1.29, 1.82) is 0 Å². The van der Waals surface area contributed by atoms with Crippen molar-refractivity contribution in [3.63, 3.8) is 0 Å². The highest BCUT2D eigenvalue weighted by molar-refractivity contribution is 7.89. The Morgan fingerprint density at radius 3 is 2.48 bits per heavy atom. The summed E-state index contributed by atoms with van der Waals surface area (Å²) in [6.45, 7) is 4.75. The van der Waals surface area contributed by atoms with Gasteiger partial charge in [0.05, 0.1) is 0 Å². The number of nitrogens with zero attached hydrogens (tertiary/aromatic N) is 2. The highest BCUT2D eigenvalue weighted by Crippen LogP contribution is 2.21. The van der Waals surface area contributed by atoms with E-state index in [1.807, 2.05) is 25.9 Å². The average Bonchev–Trinajstić information content (AvgIpc) is 2.44. The van der Waals surface area contributed by atoms with Gasteiger partial charge in [-0.3, -0.25) is 0 Å². The molecule has 1 aromatic rings. The molecule has 0 spiro atoms. The van der Waals surface area contributed by atoms with Gasteiger partial charge in [-0.2, -0.15) is 0 Å². The van der Waals surface area contributed by atoms with E-state index in [0.29, 0.717) is 6.54 Å². The molecule has 1 aliphatic rings. The third-order valence-electron chi connectivity index (χ3n) is 3.87. The van der Waals surface area contributed by atoms with Gasteiger partial charge < -0.3 is 5.32 Å². The van der Waals surface area contributed by atoms with Crippen LogP contribution >= 0.6 is 0 Å². The van der Waals surface area contributed by atoms with Crippen molar-refractivity contribution < 1.29 is 8.42 Å². The summed E-state index contributed by atoms with van der Waals surface area (Å²) in [7, 11) is -1.77. The fourth-order valence-corrected chi connectivity index (χ4v) is 3.83. The number of hydrogen-bond acceptors (Lipinski definition) is 5. The fourth-order valence-electron chi connectivity index (χ4n) is 2.67. The van der Waals surface area contributed by atoms with Gasteiger partial charge in [-0.15, -0.1) is 4.83 Å². The zero-order valence-corrected chi connectivity index (χ0v) is 13.7. The van der Waals surface area contributed by atoms with Crippen molar-refractivity contribution in [3.8, 4) is 0 Å². The Morgan fingerprint density at radius 1 is 1.29 bits per heavy atom. The van der Waals surface area contributed by atoms with Crippen LogP contribution in [0, 0.1) is 0 Å². The maximum absolute atomic E-state index is 12.4. The molecular formula is C14H24N4O2S. The number of piperidine rings is 1. The van der Waals surface area contributed by atoms with Crippen LogP contribution in [0.3, 0.4) is 0 Å². The lowest BCUT2D eigenvalue weighted by Gasteiger charge is -2.38. The Bertz CT molecular complexity index is 549. The van der Waals surface area contributed by atoms with Crippen molar-refractivity contribution in [3.05, 3.63) is 23.9 Å². The number of aromatic nitrogens is 1. The molecule has 2 rings (SSSR count). The summed E-state index contributed by atoms with van der Waals surface area (Å²) in [6, 6.07) is 3.73. The molecule has 118 valence electrons. The zero-order valence-electron chi connectivity index (χ0n) is 12.8. The summed E-state index contributed by atoms with van der Waals surface area (Å²) in [5.41, 5.74) is 0.955. The van der Waals surface area contributed by atoms with Crippen LogP contribution in [-0.4, -0.2) is 37.5 Å². The molecule has 1 aliphatic heterocycles. The molecule has 2 atom stereocenters. The summed E-state index contributed by atoms with van der Waals surface area (Å²) in [5, 5.41) is 4.90. The van der Waals surface area contributed by atoms with Gasteiger partial charge in [0.2, 0.25) is 0 Å². The highest BCUT2D eigenvalue weighted by atomic mass is 32.2. The van der Waals surface area contributed by atoms with Crippen LogP contribution in [0.25, 0.3) is 0 Å². The first kappa shape index (κ1) is 16.4. The molecule has 2 heterocycles. The number of pyridine rings is 1. The smallest absolute Gasteiger partial charge is 0.270 e. The van der Waals surface area contributed by atoms with E-state index in [4.69, 9.17) is 0 Å². The van der Waals surface area contributed by atoms with Crippen molar-refractivity contribution in [2.45, 2.75) is 56.8 Å². The summed E-state index contributed by atoms with van der Waals surface area (Å²) < 4.78 is 24.9. The maximum atomic E-state index is 12.4. The Balaban J connectivity index is 2.13. The lowest BCUT2D eigenvalue weighted by Crippen LogP contribution is -2.54. The zero-order chi connectivity index (χ0) is 15.5. The molecule has 7 heteroatoms. The van der Waals surface area contributed by atoms with E-state index in [2.05, 4.69) is 15.1 Å². The lowest BCUT2D eigenvalue weighted by atomic mass is 10.0. The van der Waals surface area contributed by atoms with E-state index < -0.39 is 10.0 Å². The Kier molecular flexibility index (Phi) is 5.32. The second kappa shape index (κ2) is 6.83. The molecule has 0 aromatic carbocycles. The molecule has 21 heavy (non-hydrogen) atoms.